The van der Waals surface area contributed by atoms with Crippen molar-refractivity contribution < 1.29 is 22.7 Å². The Morgan fingerprint density at radius 1 is 1.22 bits per heavy atom. The number of halogens is 1. The molecule has 0 aromatic heterocycles. The molecule has 7 nitrogen and oxygen atoms in total. The van der Waals surface area contributed by atoms with Crippen LogP contribution in [-0.4, -0.2) is 64.8 Å². The highest BCUT2D eigenvalue weighted by Crippen LogP contribution is 2.24. The number of amides is 1. The molecule has 2 aliphatic rings. The van der Waals surface area contributed by atoms with Gasteiger partial charge in [0.05, 0.1) is 17.2 Å². The zero-order valence-corrected chi connectivity index (χ0v) is 16.9. The molecule has 2 heterocycles. The van der Waals surface area contributed by atoms with Gasteiger partial charge in [-0.25, -0.2) is 13.1 Å². The maximum absolute atomic E-state index is 12.7. The Morgan fingerprint density at radius 3 is 2.52 bits per heavy atom. The van der Waals surface area contributed by atoms with E-state index in [-0.39, 0.29) is 40.1 Å². The monoisotopic (exact) mass is 416 g/mol. The van der Waals surface area contributed by atoms with Gasteiger partial charge in [0.1, 0.15) is 4.90 Å². The van der Waals surface area contributed by atoms with Crippen LogP contribution in [0.1, 0.15) is 36.0 Å². The molecule has 150 valence electrons. The van der Waals surface area contributed by atoms with Crippen molar-refractivity contribution in [2.45, 2.75) is 42.8 Å². The van der Waals surface area contributed by atoms with Gasteiger partial charge in [-0.1, -0.05) is 11.6 Å². The molecule has 9 heteroatoms. The molecule has 0 radical (unpaired) electrons. The quantitative estimate of drug-likeness (QED) is 0.735. The molecule has 2 saturated heterocycles. The highest BCUT2D eigenvalue weighted by molar-refractivity contribution is 7.89. The van der Waals surface area contributed by atoms with Crippen molar-refractivity contribution in [1.29, 1.82) is 0 Å². The van der Waals surface area contributed by atoms with E-state index in [4.69, 9.17) is 21.1 Å². The molecule has 2 atom stereocenters. The molecule has 0 saturated carbocycles. The number of hydrogen-bond acceptors (Lipinski definition) is 5. The lowest BCUT2D eigenvalue weighted by molar-refractivity contribution is 0.0587. The maximum Gasteiger partial charge on any atom is 0.253 e. The third-order valence-corrected chi connectivity index (χ3v) is 6.75. The number of nitrogens with one attached hydrogen (secondary N) is 1. The summed E-state index contributed by atoms with van der Waals surface area (Å²) in [6.45, 7) is 2.02. The summed E-state index contributed by atoms with van der Waals surface area (Å²) >= 11 is 6.10. The van der Waals surface area contributed by atoms with Crippen LogP contribution in [0.25, 0.3) is 0 Å². The van der Waals surface area contributed by atoms with E-state index in [1.165, 1.54) is 18.2 Å². The summed E-state index contributed by atoms with van der Waals surface area (Å²) in [5.74, 6) is -0.266. The van der Waals surface area contributed by atoms with Crippen LogP contribution in [0.3, 0.4) is 0 Å². The number of carbonyl (C=O) groups is 1. The molecule has 1 amide bonds. The second kappa shape index (κ2) is 8.87. The Balaban J connectivity index is 1.71. The van der Waals surface area contributed by atoms with Crippen LogP contribution in [0.2, 0.25) is 5.02 Å². The fraction of sp³-hybridized carbons (Fsp3) is 0.611. The normalized spacial score (nSPS) is 22.9. The smallest absolute Gasteiger partial charge is 0.253 e. The molecule has 3 rings (SSSR count). The van der Waals surface area contributed by atoms with Crippen molar-refractivity contribution in [1.82, 2.24) is 9.62 Å². The molecule has 0 aliphatic carbocycles. The third kappa shape index (κ3) is 5.20. The molecule has 1 aromatic carbocycles. The fourth-order valence-corrected chi connectivity index (χ4v) is 4.92. The number of ether oxygens (including phenoxy) is 2. The molecule has 1 N–H and O–H groups in total. The van der Waals surface area contributed by atoms with Crippen LogP contribution in [-0.2, 0) is 19.5 Å². The van der Waals surface area contributed by atoms with Gasteiger partial charge < -0.3 is 14.4 Å². The minimum Gasteiger partial charge on any atom is -0.377 e. The minimum atomic E-state index is -3.84. The molecule has 2 aliphatic heterocycles. The number of rotatable bonds is 7. The average molecular weight is 417 g/mol. The van der Waals surface area contributed by atoms with Crippen LogP contribution < -0.4 is 4.72 Å². The lowest BCUT2D eigenvalue weighted by atomic mass is 10.2. The summed E-state index contributed by atoms with van der Waals surface area (Å²) in [4.78, 5) is 14.1. The van der Waals surface area contributed by atoms with E-state index in [2.05, 4.69) is 4.72 Å². The van der Waals surface area contributed by atoms with Gasteiger partial charge in [-0.15, -0.1) is 0 Å². The van der Waals surface area contributed by atoms with Crippen LogP contribution in [0.4, 0.5) is 0 Å². The first-order valence-corrected chi connectivity index (χ1v) is 11.0. The zero-order chi connectivity index (χ0) is 19.4. The second-order valence-electron chi connectivity index (χ2n) is 6.95. The van der Waals surface area contributed by atoms with E-state index >= 15 is 0 Å². The van der Waals surface area contributed by atoms with Crippen LogP contribution in [0.5, 0.6) is 0 Å². The van der Waals surface area contributed by atoms with E-state index in [9.17, 15) is 13.2 Å². The van der Waals surface area contributed by atoms with E-state index < -0.39 is 10.0 Å². The molecule has 2 fully saturated rings. The summed E-state index contributed by atoms with van der Waals surface area (Å²) in [6.07, 6.45) is 3.57. The summed E-state index contributed by atoms with van der Waals surface area (Å²) in [5.41, 5.74) is 0.275. The van der Waals surface area contributed by atoms with Crippen LogP contribution >= 0.6 is 11.6 Å². The largest absolute Gasteiger partial charge is 0.377 e. The molecular formula is C18H25ClN2O5S. The molecule has 0 spiro atoms. The average Bonchev–Trinajstić information content (AvgIpc) is 3.33. The lowest BCUT2D eigenvalue weighted by Gasteiger charge is -2.21. The number of hydrogen-bond donors (Lipinski definition) is 1. The number of likely N-dealkylation sites (N-methyl/N-ethyl adjacent to an activating group) is 1. The van der Waals surface area contributed by atoms with Gasteiger partial charge in [0.25, 0.3) is 5.91 Å². The summed E-state index contributed by atoms with van der Waals surface area (Å²) in [7, 11) is -2.16. The molecule has 1 aromatic rings. The summed E-state index contributed by atoms with van der Waals surface area (Å²) in [6, 6.07) is 4.31. The van der Waals surface area contributed by atoms with Gasteiger partial charge in [-0.05, 0) is 43.9 Å². The lowest BCUT2D eigenvalue weighted by Crippen LogP contribution is -2.34. The topological polar surface area (TPSA) is 84.9 Å². The van der Waals surface area contributed by atoms with Crippen molar-refractivity contribution in [2.75, 3.05) is 33.4 Å². The molecule has 0 bridgehead atoms. The van der Waals surface area contributed by atoms with Gasteiger partial charge in [0.2, 0.25) is 10.0 Å². The predicted octanol–water partition coefficient (Wildman–Crippen LogP) is 2.05. The predicted molar refractivity (Wildman–Crippen MR) is 102 cm³/mol. The summed E-state index contributed by atoms with van der Waals surface area (Å²) < 4.78 is 38.8. The Hall–Kier alpha value is -1.19. The Labute approximate surface area is 165 Å². The minimum absolute atomic E-state index is 0.0301. The maximum atomic E-state index is 12.7. The van der Waals surface area contributed by atoms with Crippen LogP contribution in [0.15, 0.2) is 23.1 Å². The highest BCUT2D eigenvalue weighted by Gasteiger charge is 2.25. The molecular weight excluding hydrogens is 392 g/mol. The first kappa shape index (κ1) is 20.5. The first-order chi connectivity index (χ1) is 12.9. The van der Waals surface area contributed by atoms with Gasteiger partial charge in [-0.3, -0.25) is 4.79 Å². The van der Waals surface area contributed by atoms with Crippen molar-refractivity contribution >= 4 is 27.5 Å². The Morgan fingerprint density at radius 2 is 1.89 bits per heavy atom. The van der Waals surface area contributed by atoms with Gasteiger partial charge >= 0.3 is 0 Å². The number of nitrogens with zero attached hydrogens (tertiary/aromatic N) is 1. The summed E-state index contributed by atoms with van der Waals surface area (Å²) in [5, 5.41) is 0.0770. The highest BCUT2D eigenvalue weighted by atomic mass is 35.5. The standard InChI is InChI=1S/C18H25ClN2O5S/c1-21(12-15-5-3-9-26-15)18(22)13-6-7-16(19)17(10-13)27(23,24)20-11-14-4-2-8-25-14/h6-7,10,14-15,20H,2-5,8-9,11-12H2,1H3. The molecule has 27 heavy (non-hydrogen) atoms. The SMILES string of the molecule is CN(CC1CCCO1)C(=O)c1ccc(Cl)c(S(=O)(=O)NCC2CCCO2)c1. The van der Waals surface area contributed by atoms with Gasteiger partial charge in [0, 0.05) is 38.9 Å². The number of carbonyl (C=O) groups excluding carboxylic acids is 1. The van der Waals surface area contributed by atoms with E-state index in [1.807, 2.05) is 0 Å². The van der Waals surface area contributed by atoms with Crippen LogP contribution in [0, 0.1) is 0 Å². The Kier molecular flexibility index (Phi) is 6.75. The zero-order valence-electron chi connectivity index (χ0n) is 15.3. The van der Waals surface area contributed by atoms with Crippen molar-refractivity contribution in [2.24, 2.45) is 0 Å². The number of sulfonamides is 1. The fourth-order valence-electron chi connectivity index (χ4n) is 3.33. The van der Waals surface area contributed by atoms with Crippen molar-refractivity contribution in [3.05, 3.63) is 28.8 Å². The first-order valence-electron chi connectivity index (χ1n) is 9.15. The van der Waals surface area contributed by atoms with E-state index in [0.29, 0.717) is 19.8 Å². The van der Waals surface area contributed by atoms with Gasteiger partial charge in [-0.2, -0.15) is 0 Å². The van der Waals surface area contributed by atoms with Crippen molar-refractivity contribution in [3.8, 4) is 0 Å². The van der Waals surface area contributed by atoms with E-state index in [0.717, 1.165) is 25.7 Å². The van der Waals surface area contributed by atoms with E-state index in [1.54, 1.807) is 11.9 Å². The Bertz CT molecular complexity index is 774. The molecule has 2 unspecified atom stereocenters. The second-order valence-corrected chi connectivity index (χ2v) is 9.10. The van der Waals surface area contributed by atoms with Gasteiger partial charge in [0.15, 0.2) is 0 Å². The van der Waals surface area contributed by atoms with Crippen molar-refractivity contribution in [3.63, 3.8) is 0 Å². The number of benzene rings is 1. The third-order valence-electron chi connectivity index (χ3n) is 4.84.